The van der Waals surface area contributed by atoms with E-state index in [1.54, 1.807) is 0 Å². The van der Waals surface area contributed by atoms with Gasteiger partial charge in [0.2, 0.25) is 6.20 Å². The van der Waals surface area contributed by atoms with Crippen LogP contribution in [-0.2, 0) is 0 Å². The monoisotopic (exact) mass is 249 g/mol. The molecule has 0 unspecified atom stereocenters. The van der Waals surface area contributed by atoms with Gasteiger partial charge >= 0.3 is 0 Å². The number of nitrogens with zero attached hydrogens (tertiary/aromatic N) is 2. The van der Waals surface area contributed by atoms with Crippen LogP contribution in [0.15, 0.2) is 67.0 Å². The minimum Gasteiger partial charge on any atom is -0.335 e. The molecule has 0 saturated carbocycles. The van der Waals surface area contributed by atoms with E-state index in [-0.39, 0.29) is 0 Å². The predicted octanol–water partition coefficient (Wildman–Crippen LogP) is 2.52. The first-order chi connectivity index (χ1) is 9.38. The molecule has 4 heteroatoms. The van der Waals surface area contributed by atoms with Crippen LogP contribution in [0.2, 0.25) is 0 Å². The number of hydrogen-bond acceptors (Lipinski definition) is 2. The Labute approximate surface area is 110 Å². The fourth-order valence-electron chi connectivity index (χ4n) is 2.31. The molecule has 0 amide bonds. The van der Waals surface area contributed by atoms with Crippen LogP contribution < -0.4 is 15.2 Å². The van der Waals surface area contributed by atoms with Gasteiger partial charge in [-0.1, -0.05) is 12.1 Å². The van der Waals surface area contributed by atoms with Gasteiger partial charge in [0.05, 0.1) is 17.6 Å². The summed E-state index contributed by atoms with van der Waals surface area (Å²) in [5.74, 6) is 0.974. The smallest absolute Gasteiger partial charge is 0.215 e. The van der Waals surface area contributed by atoms with Crippen molar-refractivity contribution in [3.63, 3.8) is 0 Å². The summed E-state index contributed by atoms with van der Waals surface area (Å²) < 4.78 is 4.12. The van der Waals surface area contributed by atoms with Crippen molar-refractivity contribution in [2.45, 2.75) is 0 Å². The number of aromatic nitrogens is 2. The number of rotatable bonds is 1. The highest BCUT2D eigenvalue weighted by atomic mass is 15.2. The van der Waals surface area contributed by atoms with Crippen molar-refractivity contribution in [2.24, 2.45) is 0 Å². The minimum atomic E-state index is 0.974. The summed E-state index contributed by atoms with van der Waals surface area (Å²) in [6.45, 7) is 0. The van der Waals surface area contributed by atoms with Crippen molar-refractivity contribution >= 4 is 23.1 Å². The van der Waals surface area contributed by atoms with Crippen LogP contribution in [0, 0.1) is 0 Å². The molecule has 0 fully saturated rings. The van der Waals surface area contributed by atoms with E-state index in [1.165, 1.54) is 0 Å². The third kappa shape index (κ3) is 1.74. The average molecular weight is 249 g/mol. The van der Waals surface area contributed by atoms with Crippen LogP contribution >= 0.6 is 0 Å². The summed E-state index contributed by atoms with van der Waals surface area (Å²) in [6, 6.07) is 12.3. The van der Waals surface area contributed by atoms with Crippen molar-refractivity contribution in [1.29, 1.82) is 0 Å². The van der Waals surface area contributed by atoms with Gasteiger partial charge in [-0.05, 0) is 24.3 Å². The largest absolute Gasteiger partial charge is 0.335 e. The third-order valence-electron chi connectivity index (χ3n) is 3.24. The Morgan fingerprint density at radius 2 is 1.74 bits per heavy atom. The van der Waals surface area contributed by atoms with E-state index in [4.69, 9.17) is 0 Å². The van der Waals surface area contributed by atoms with Crippen LogP contribution in [0.25, 0.3) is 11.7 Å². The van der Waals surface area contributed by atoms with E-state index in [1.807, 2.05) is 47.6 Å². The number of benzene rings is 1. The number of anilines is 2. The molecule has 4 nitrogen and oxygen atoms in total. The van der Waals surface area contributed by atoms with E-state index in [9.17, 15) is 0 Å². The number of fused-ring (bicyclic) bond motifs is 2. The lowest BCUT2D eigenvalue weighted by molar-refractivity contribution is -0.567. The van der Waals surface area contributed by atoms with Gasteiger partial charge in [0.25, 0.3) is 0 Å². The number of para-hydroxylation sites is 2. The molecule has 3 heterocycles. The maximum atomic E-state index is 3.35. The summed E-state index contributed by atoms with van der Waals surface area (Å²) >= 11 is 0. The summed E-state index contributed by atoms with van der Waals surface area (Å²) in [4.78, 5) is 0. The van der Waals surface area contributed by atoms with Gasteiger partial charge in [-0.25, -0.2) is 0 Å². The van der Waals surface area contributed by atoms with Crippen LogP contribution in [0.1, 0.15) is 0 Å². The van der Waals surface area contributed by atoms with E-state index >= 15 is 0 Å². The zero-order valence-corrected chi connectivity index (χ0v) is 10.2. The van der Waals surface area contributed by atoms with E-state index < -0.39 is 0 Å². The molecule has 2 N–H and O–H groups in total. The first-order valence-electron chi connectivity index (χ1n) is 6.21. The molecule has 19 heavy (non-hydrogen) atoms. The molecule has 0 atom stereocenters. The zero-order chi connectivity index (χ0) is 12.7. The maximum absolute atomic E-state index is 3.35. The molecular formula is C15H13N4+. The lowest BCUT2D eigenvalue weighted by Crippen LogP contribution is -2.27. The zero-order valence-electron chi connectivity index (χ0n) is 10.2. The minimum absolute atomic E-state index is 0.974. The molecule has 0 saturated heterocycles. The second-order valence-corrected chi connectivity index (χ2v) is 4.55. The molecule has 1 aliphatic rings. The molecule has 1 aromatic carbocycles. The van der Waals surface area contributed by atoms with Crippen molar-refractivity contribution < 1.29 is 4.57 Å². The quantitative estimate of drug-likeness (QED) is 0.649. The third-order valence-corrected chi connectivity index (χ3v) is 3.24. The molecule has 2 aromatic heterocycles. The average Bonchev–Trinajstić information content (AvgIpc) is 3.03. The van der Waals surface area contributed by atoms with E-state index in [2.05, 4.69) is 39.4 Å². The van der Waals surface area contributed by atoms with E-state index in [0.29, 0.717) is 0 Å². The second-order valence-electron chi connectivity index (χ2n) is 4.55. The van der Waals surface area contributed by atoms with Crippen LogP contribution in [-0.4, -0.2) is 4.40 Å². The first-order valence-corrected chi connectivity index (χ1v) is 6.21. The Hall–Kier alpha value is -2.75. The topological polar surface area (TPSA) is 32.3 Å². The summed E-state index contributed by atoms with van der Waals surface area (Å²) in [5, 5.41) is 6.69. The van der Waals surface area contributed by atoms with Gasteiger partial charge in [-0.15, -0.1) is 0 Å². The molecule has 1 aliphatic heterocycles. The lowest BCUT2D eigenvalue weighted by atomic mass is 10.3. The fraction of sp³-hybridized carbons (Fsp3) is 0. The van der Waals surface area contributed by atoms with E-state index in [0.717, 1.165) is 22.7 Å². The molecule has 92 valence electrons. The van der Waals surface area contributed by atoms with Crippen molar-refractivity contribution in [3.8, 4) is 0 Å². The van der Waals surface area contributed by atoms with Crippen LogP contribution in [0.5, 0.6) is 0 Å². The molecule has 4 rings (SSSR count). The molecular weight excluding hydrogens is 236 g/mol. The highest BCUT2D eigenvalue weighted by molar-refractivity contribution is 5.80. The highest BCUT2D eigenvalue weighted by Crippen LogP contribution is 2.29. The van der Waals surface area contributed by atoms with Gasteiger partial charge < -0.3 is 15.0 Å². The number of nitrogens with one attached hydrogen (secondary N) is 2. The van der Waals surface area contributed by atoms with Crippen LogP contribution in [0.3, 0.4) is 0 Å². The molecule has 0 spiro atoms. The highest BCUT2D eigenvalue weighted by Gasteiger charge is 2.14. The van der Waals surface area contributed by atoms with Gasteiger partial charge in [0.15, 0.2) is 18.2 Å². The summed E-state index contributed by atoms with van der Waals surface area (Å²) in [6.07, 6.45) is 10.2. The van der Waals surface area contributed by atoms with Gasteiger partial charge in [0.1, 0.15) is 5.52 Å². The normalized spacial score (nSPS) is 12.9. The van der Waals surface area contributed by atoms with Gasteiger partial charge in [0, 0.05) is 6.20 Å². The Bertz CT molecular complexity index is 758. The summed E-state index contributed by atoms with van der Waals surface area (Å²) in [7, 11) is 0. The Balaban J connectivity index is 1.69. The fourth-order valence-corrected chi connectivity index (χ4v) is 2.31. The second kappa shape index (κ2) is 3.88. The Morgan fingerprint density at radius 3 is 2.53 bits per heavy atom. The number of hydrogen-bond donors (Lipinski definition) is 2. The van der Waals surface area contributed by atoms with Gasteiger partial charge in [-0.3, -0.25) is 0 Å². The predicted molar refractivity (Wildman–Crippen MR) is 75.6 cm³/mol. The Morgan fingerprint density at radius 1 is 0.947 bits per heavy atom. The van der Waals surface area contributed by atoms with Crippen molar-refractivity contribution in [3.05, 3.63) is 67.0 Å². The van der Waals surface area contributed by atoms with Crippen molar-refractivity contribution in [1.82, 2.24) is 4.40 Å². The molecule has 0 aliphatic carbocycles. The van der Waals surface area contributed by atoms with Crippen LogP contribution in [0.4, 0.5) is 11.4 Å². The van der Waals surface area contributed by atoms with Crippen molar-refractivity contribution in [2.75, 3.05) is 10.6 Å². The maximum Gasteiger partial charge on any atom is 0.215 e. The molecule has 0 bridgehead atoms. The standard InChI is InChI=1S/C15H13N4/c1-2-6-14-13(5-1)16-15(17-14)11-18-8-9-19-7-3-4-12(19)10-18/h1-11,16-17H/q+1. The molecule has 0 radical (unpaired) electrons. The van der Waals surface area contributed by atoms with Gasteiger partial charge in [-0.2, -0.15) is 4.57 Å². The summed E-state index contributed by atoms with van der Waals surface area (Å²) in [5.41, 5.74) is 3.38. The first kappa shape index (κ1) is 10.2. The lowest BCUT2D eigenvalue weighted by Gasteiger charge is -1.97. The molecule has 3 aromatic rings. The Kier molecular flexibility index (Phi) is 2.08. The SMILES string of the molecule is C(=C1Nc2ccccc2N1)[n+]1ccn2cccc2c1.